The predicted molar refractivity (Wildman–Crippen MR) is 33.9 cm³/mol. The molecule has 0 aliphatic carbocycles. The molecule has 0 amide bonds. The molecule has 3 heteroatoms. The van der Waals surface area contributed by atoms with Crippen LogP contribution in [0.15, 0.2) is 11.5 Å². The van der Waals surface area contributed by atoms with Gasteiger partial charge < -0.3 is 5.73 Å². The van der Waals surface area contributed by atoms with Crippen molar-refractivity contribution >= 4 is 11.8 Å². The first kappa shape index (κ1) is 5.67. The van der Waals surface area contributed by atoms with Gasteiger partial charge in [0.2, 0.25) is 0 Å². The highest BCUT2D eigenvalue weighted by Crippen LogP contribution is 2.30. The van der Waals surface area contributed by atoms with Crippen molar-refractivity contribution in [3.05, 3.63) is 11.5 Å². The molecule has 8 heavy (non-hydrogen) atoms. The number of nitrogens with zero attached hydrogens (tertiary/aromatic N) is 1. The lowest BCUT2D eigenvalue weighted by atomic mass is 10.2. The molecule has 42 valence electrons. The SMILES string of the molecule is N#CC1(N)CC=CS1. The van der Waals surface area contributed by atoms with E-state index in [-0.39, 0.29) is 0 Å². The third kappa shape index (κ3) is 0.857. The molecule has 0 spiro atoms. The van der Waals surface area contributed by atoms with Crippen molar-refractivity contribution in [2.45, 2.75) is 11.3 Å². The van der Waals surface area contributed by atoms with Crippen LogP contribution in [0, 0.1) is 11.3 Å². The largest absolute Gasteiger partial charge is 0.304 e. The van der Waals surface area contributed by atoms with Gasteiger partial charge in [0.1, 0.15) is 0 Å². The summed E-state index contributed by atoms with van der Waals surface area (Å²) >= 11 is 1.38. The Balaban J connectivity index is 2.63. The molecule has 1 atom stereocenters. The molecule has 1 heterocycles. The van der Waals surface area contributed by atoms with E-state index in [0.29, 0.717) is 6.42 Å². The zero-order valence-electron chi connectivity index (χ0n) is 4.29. The minimum atomic E-state index is -0.653. The second-order valence-corrected chi connectivity index (χ2v) is 2.93. The van der Waals surface area contributed by atoms with Crippen molar-refractivity contribution in [3.8, 4) is 6.07 Å². The molecule has 1 rings (SSSR count). The molecule has 0 aromatic heterocycles. The first-order chi connectivity index (χ1) is 3.77. The molecule has 2 nitrogen and oxygen atoms in total. The fraction of sp³-hybridized carbons (Fsp3) is 0.400. The standard InChI is InChI=1S/C5H6N2S/c6-4-5(7)2-1-3-8-5/h1,3H,2,7H2. The van der Waals surface area contributed by atoms with Gasteiger partial charge in [0, 0.05) is 6.42 Å². The summed E-state index contributed by atoms with van der Waals surface area (Å²) in [5, 5.41) is 10.3. The molecule has 0 saturated heterocycles. The maximum Gasteiger partial charge on any atom is 0.158 e. The van der Waals surface area contributed by atoms with Crippen LogP contribution in [0.1, 0.15) is 6.42 Å². The van der Waals surface area contributed by atoms with Gasteiger partial charge in [-0.2, -0.15) is 5.26 Å². The van der Waals surface area contributed by atoms with Gasteiger partial charge in [-0.25, -0.2) is 0 Å². The van der Waals surface area contributed by atoms with Crippen LogP contribution in [-0.4, -0.2) is 4.87 Å². The van der Waals surface area contributed by atoms with Crippen molar-refractivity contribution in [1.82, 2.24) is 0 Å². The minimum absolute atomic E-state index is 0.653. The zero-order valence-corrected chi connectivity index (χ0v) is 5.11. The Hall–Kier alpha value is -0.460. The van der Waals surface area contributed by atoms with E-state index in [2.05, 4.69) is 0 Å². The Morgan fingerprint density at radius 3 is 2.88 bits per heavy atom. The molecule has 0 bridgehead atoms. The normalized spacial score (nSPS) is 35.0. The third-order valence-electron chi connectivity index (χ3n) is 0.985. The minimum Gasteiger partial charge on any atom is -0.304 e. The lowest BCUT2D eigenvalue weighted by molar-refractivity contribution is 0.794. The Morgan fingerprint density at radius 1 is 1.88 bits per heavy atom. The van der Waals surface area contributed by atoms with Gasteiger partial charge in [0.25, 0.3) is 0 Å². The summed E-state index contributed by atoms with van der Waals surface area (Å²) in [7, 11) is 0. The summed E-state index contributed by atoms with van der Waals surface area (Å²) in [5.74, 6) is 0. The van der Waals surface area contributed by atoms with E-state index >= 15 is 0 Å². The number of hydrogen-bond acceptors (Lipinski definition) is 3. The fourth-order valence-electron chi connectivity index (χ4n) is 0.513. The molecule has 1 aliphatic rings. The summed E-state index contributed by atoms with van der Waals surface area (Å²) in [6.45, 7) is 0. The second kappa shape index (κ2) is 1.81. The maximum atomic E-state index is 8.39. The molecular formula is C5H6N2S. The molecule has 1 aliphatic heterocycles. The van der Waals surface area contributed by atoms with Crippen LogP contribution in [0.4, 0.5) is 0 Å². The highest BCUT2D eigenvalue weighted by molar-refractivity contribution is 8.03. The Bertz CT molecular complexity index is 148. The lowest BCUT2D eigenvalue weighted by Gasteiger charge is -2.09. The van der Waals surface area contributed by atoms with Crippen LogP contribution in [0.2, 0.25) is 0 Å². The van der Waals surface area contributed by atoms with Crippen molar-refractivity contribution in [3.63, 3.8) is 0 Å². The van der Waals surface area contributed by atoms with Gasteiger partial charge in [0.15, 0.2) is 4.87 Å². The highest BCUT2D eigenvalue weighted by Gasteiger charge is 2.25. The first-order valence-corrected chi connectivity index (χ1v) is 3.18. The number of hydrogen-bond donors (Lipinski definition) is 1. The molecule has 1 unspecified atom stereocenters. The summed E-state index contributed by atoms with van der Waals surface area (Å²) in [4.78, 5) is -0.653. The summed E-state index contributed by atoms with van der Waals surface area (Å²) < 4.78 is 0. The summed E-state index contributed by atoms with van der Waals surface area (Å²) in [6.07, 6.45) is 2.59. The Morgan fingerprint density at radius 2 is 2.62 bits per heavy atom. The number of nitriles is 1. The van der Waals surface area contributed by atoms with Crippen LogP contribution in [0.5, 0.6) is 0 Å². The Kier molecular flexibility index (Phi) is 1.28. The van der Waals surface area contributed by atoms with Crippen molar-refractivity contribution in [2.24, 2.45) is 5.73 Å². The van der Waals surface area contributed by atoms with Crippen LogP contribution >= 0.6 is 11.8 Å². The third-order valence-corrected chi connectivity index (χ3v) is 1.99. The molecule has 0 fully saturated rings. The summed E-state index contributed by atoms with van der Waals surface area (Å²) in [5.41, 5.74) is 5.50. The predicted octanol–water partition coefficient (Wildman–Crippen LogP) is 0.816. The molecule has 0 aromatic carbocycles. The first-order valence-electron chi connectivity index (χ1n) is 2.30. The fourth-order valence-corrected chi connectivity index (χ4v) is 1.19. The van der Waals surface area contributed by atoms with E-state index in [0.717, 1.165) is 0 Å². The van der Waals surface area contributed by atoms with E-state index in [1.165, 1.54) is 11.8 Å². The van der Waals surface area contributed by atoms with Gasteiger partial charge in [-0.3, -0.25) is 0 Å². The van der Waals surface area contributed by atoms with Crippen LogP contribution in [0.3, 0.4) is 0 Å². The van der Waals surface area contributed by atoms with Crippen LogP contribution in [0.25, 0.3) is 0 Å². The van der Waals surface area contributed by atoms with E-state index in [1.54, 1.807) is 0 Å². The van der Waals surface area contributed by atoms with E-state index in [4.69, 9.17) is 11.0 Å². The topological polar surface area (TPSA) is 49.8 Å². The van der Waals surface area contributed by atoms with E-state index in [1.807, 2.05) is 17.6 Å². The average molecular weight is 126 g/mol. The number of rotatable bonds is 0. The van der Waals surface area contributed by atoms with Crippen molar-refractivity contribution in [1.29, 1.82) is 5.26 Å². The molecule has 0 saturated carbocycles. The monoisotopic (exact) mass is 126 g/mol. The van der Waals surface area contributed by atoms with Gasteiger partial charge >= 0.3 is 0 Å². The quantitative estimate of drug-likeness (QED) is 0.522. The smallest absolute Gasteiger partial charge is 0.158 e. The average Bonchev–Trinajstić information content (AvgIpc) is 2.17. The lowest BCUT2D eigenvalue weighted by Crippen LogP contribution is -2.30. The Labute approximate surface area is 52.4 Å². The second-order valence-electron chi connectivity index (χ2n) is 1.70. The summed E-state index contributed by atoms with van der Waals surface area (Å²) in [6, 6.07) is 2.02. The molecule has 0 radical (unpaired) electrons. The number of thioether (sulfide) groups is 1. The van der Waals surface area contributed by atoms with Gasteiger partial charge in [-0.15, -0.1) is 0 Å². The van der Waals surface area contributed by atoms with Crippen molar-refractivity contribution < 1.29 is 0 Å². The zero-order chi connectivity index (χ0) is 6.04. The van der Waals surface area contributed by atoms with Gasteiger partial charge in [-0.05, 0) is 5.41 Å². The van der Waals surface area contributed by atoms with Crippen LogP contribution in [-0.2, 0) is 0 Å². The van der Waals surface area contributed by atoms with Crippen LogP contribution < -0.4 is 5.73 Å². The van der Waals surface area contributed by atoms with E-state index < -0.39 is 4.87 Å². The van der Waals surface area contributed by atoms with Gasteiger partial charge in [0.05, 0.1) is 6.07 Å². The van der Waals surface area contributed by atoms with Crippen molar-refractivity contribution in [2.75, 3.05) is 0 Å². The van der Waals surface area contributed by atoms with Gasteiger partial charge in [-0.1, -0.05) is 17.8 Å². The maximum absolute atomic E-state index is 8.39. The molecular weight excluding hydrogens is 120 g/mol. The molecule has 0 aromatic rings. The highest BCUT2D eigenvalue weighted by atomic mass is 32.2. The number of nitrogens with two attached hydrogens (primary N) is 1. The molecule has 2 N–H and O–H groups in total. The van der Waals surface area contributed by atoms with E-state index in [9.17, 15) is 0 Å².